The normalized spacial score (nSPS) is 17.0. The van der Waals surface area contributed by atoms with Crippen molar-refractivity contribution >= 4 is 11.8 Å². The van der Waals surface area contributed by atoms with E-state index in [0.29, 0.717) is 24.2 Å². The first-order valence-electron chi connectivity index (χ1n) is 6.75. The van der Waals surface area contributed by atoms with Crippen molar-refractivity contribution < 1.29 is 14.7 Å². The molecule has 2 rings (SSSR count). The molecule has 6 heteroatoms. The fourth-order valence-electron chi connectivity index (χ4n) is 2.33. The number of aliphatic hydroxyl groups excluding tert-OH is 1. The summed E-state index contributed by atoms with van der Waals surface area (Å²) >= 11 is 0. The van der Waals surface area contributed by atoms with Crippen LogP contribution in [-0.2, 0) is 4.79 Å². The van der Waals surface area contributed by atoms with Gasteiger partial charge in [0, 0.05) is 25.4 Å². The Labute approximate surface area is 123 Å². The molecular weight excluding hydrogens is 270 g/mol. The average Bonchev–Trinajstić information content (AvgIpc) is 3.01. The minimum absolute atomic E-state index is 0.147. The Bertz CT molecular complexity index is 586. The number of amides is 2. The van der Waals surface area contributed by atoms with Crippen LogP contribution in [-0.4, -0.2) is 53.0 Å². The quantitative estimate of drug-likeness (QED) is 0.737. The zero-order valence-electron chi connectivity index (χ0n) is 11.8. The summed E-state index contributed by atoms with van der Waals surface area (Å²) in [7, 11) is 1.57. The molecule has 0 aromatic carbocycles. The Morgan fingerprint density at radius 1 is 1.52 bits per heavy atom. The number of aromatic nitrogens is 1. The summed E-state index contributed by atoms with van der Waals surface area (Å²) in [6.07, 6.45) is 2.97. The van der Waals surface area contributed by atoms with Gasteiger partial charge in [-0.2, -0.15) is 0 Å². The number of nitrogens with zero attached hydrogens (tertiary/aromatic N) is 2. The number of carbonyl (C=O) groups excluding carboxylic acids is 2. The van der Waals surface area contributed by atoms with Gasteiger partial charge in [-0.15, -0.1) is 0 Å². The molecule has 0 saturated carbocycles. The topological polar surface area (TPSA) is 82.5 Å². The maximum atomic E-state index is 12.4. The van der Waals surface area contributed by atoms with Crippen LogP contribution in [0.5, 0.6) is 0 Å². The maximum absolute atomic E-state index is 12.4. The lowest BCUT2D eigenvalue weighted by Gasteiger charge is -2.22. The molecule has 1 unspecified atom stereocenters. The van der Waals surface area contributed by atoms with Crippen LogP contribution < -0.4 is 5.32 Å². The molecule has 0 radical (unpaired) electrons. The van der Waals surface area contributed by atoms with Crippen LogP contribution in [0.3, 0.4) is 0 Å². The Morgan fingerprint density at radius 3 is 2.95 bits per heavy atom. The molecule has 2 amide bonds. The molecule has 1 atom stereocenters. The van der Waals surface area contributed by atoms with Crippen molar-refractivity contribution in [1.29, 1.82) is 0 Å². The standard InChI is InChI=1S/C15H17N3O3/c1-16-14(20)13-5-2-8-18(13)15(21)12-7-6-11(10-17-12)4-3-9-19/h6-7,10,13,19H,2,5,8-9H2,1H3,(H,16,20). The molecule has 1 aliphatic heterocycles. The number of hydrogen-bond donors (Lipinski definition) is 2. The second-order valence-corrected chi connectivity index (χ2v) is 4.66. The lowest BCUT2D eigenvalue weighted by atomic mass is 10.2. The monoisotopic (exact) mass is 287 g/mol. The minimum Gasteiger partial charge on any atom is -0.384 e. The molecule has 1 aromatic rings. The Balaban J connectivity index is 2.14. The summed E-state index contributed by atoms with van der Waals surface area (Å²) in [6, 6.07) is 2.84. The Kier molecular flexibility index (Phi) is 4.90. The third kappa shape index (κ3) is 3.38. The lowest BCUT2D eigenvalue weighted by molar-refractivity contribution is -0.124. The van der Waals surface area contributed by atoms with Crippen molar-refractivity contribution in [1.82, 2.24) is 15.2 Å². The summed E-state index contributed by atoms with van der Waals surface area (Å²) in [5.74, 6) is 4.84. The molecule has 0 spiro atoms. The summed E-state index contributed by atoms with van der Waals surface area (Å²) in [4.78, 5) is 29.8. The Hall–Kier alpha value is -2.39. The average molecular weight is 287 g/mol. The van der Waals surface area contributed by atoms with E-state index in [-0.39, 0.29) is 18.4 Å². The first kappa shape index (κ1) is 15.0. The smallest absolute Gasteiger partial charge is 0.273 e. The molecule has 1 aliphatic rings. The van der Waals surface area contributed by atoms with E-state index in [0.717, 1.165) is 6.42 Å². The van der Waals surface area contributed by atoms with Crippen molar-refractivity contribution in [3.63, 3.8) is 0 Å². The van der Waals surface area contributed by atoms with Crippen molar-refractivity contribution in [2.45, 2.75) is 18.9 Å². The highest BCUT2D eigenvalue weighted by molar-refractivity contribution is 5.96. The number of rotatable bonds is 2. The van der Waals surface area contributed by atoms with Crippen molar-refractivity contribution in [3.8, 4) is 11.8 Å². The lowest BCUT2D eigenvalue weighted by Crippen LogP contribution is -2.45. The highest BCUT2D eigenvalue weighted by atomic mass is 16.2. The van der Waals surface area contributed by atoms with Gasteiger partial charge in [-0.1, -0.05) is 11.8 Å². The molecule has 21 heavy (non-hydrogen) atoms. The fourth-order valence-corrected chi connectivity index (χ4v) is 2.33. The molecule has 0 aliphatic carbocycles. The zero-order chi connectivity index (χ0) is 15.2. The van der Waals surface area contributed by atoms with E-state index >= 15 is 0 Å². The second kappa shape index (κ2) is 6.86. The minimum atomic E-state index is -0.418. The van der Waals surface area contributed by atoms with Gasteiger partial charge >= 0.3 is 0 Å². The van der Waals surface area contributed by atoms with Crippen LogP contribution in [0.25, 0.3) is 0 Å². The highest BCUT2D eigenvalue weighted by Gasteiger charge is 2.34. The zero-order valence-corrected chi connectivity index (χ0v) is 11.8. The van der Waals surface area contributed by atoms with Crippen LogP contribution in [0.15, 0.2) is 18.3 Å². The van der Waals surface area contributed by atoms with Gasteiger partial charge in [-0.05, 0) is 25.0 Å². The van der Waals surface area contributed by atoms with Gasteiger partial charge in [0.15, 0.2) is 0 Å². The van der Waals surface area contributed by atoms with Gasteiger partial charge < -0.3 is 15.3 Å². The van der Waals surface area contributed by atoms with E-state index in [4.69, 9.17) is 5.11 Å². The summed E-state index contributed by atoms with van der Waals surface area (Å²) in [5, 5.41) is 11.2. The van der Waals surface area contributed by atoms with Gasteiger partial charge in [0.25, 0.3) is 5.91 Å². The number of pyridine rings is 1. The van der Waals surface area contributed by atoms with E-state index < -0.39 is 6.04 Å². The first-order chi connectivity index (χ1) is 10.2. The molecule has 2 N–H and O–H groups in total. The van der Waals surface area contributed by atoms with Gasteiger partial charge in [-0.25, -0.2) is 4.98 Å². The van der Waals surface area contributed by atoms with Gasteiger partial charge in [0.2, 0.25) is 5.91 Å². The predicted molar refractivity (Wildman–Crippen MR) is 76.3 cm³/mol. The van der Waals surface area contributed by atoms with Gasteiger partial charge in [0.05, 0.1) is 0 Å². The number of carbonyl (C=O) groups is 2. The third-order valence-corrected chi connectivity index (χ3v) is 3.36. The number of likely N-dealkylation sites (N-methyl/N-ethyl adjacent to an activating group) is 1. The van der Waals surface area contributed by atoms with Crippen molar-refractivity contribution in [2.24, 2.45) is 0 Å². The number of aliphatic hydroxyl groups is 1. The second-order valence-electron chi connectivity index (χ2n) is 4.66. The molecule has 1 fully saturated rings. The SMILES string of the molecule is CNC(=O)C1CCCN1C(=O)c1ccc(C#CCO)cn1. The van der Waals surface area contributed by atoms with E-state index in [9.17, 15) is 9.59 Å². The van der Waals surface area contributed by atoms with E-state index in [1.807, 2.05) is 0 Å². The van der Waals surface area contributed by atoms with E-state index in [2.05, 4.69) is 22.1 Å². The van der Waals surface area contributed by atoms with Crippen LogP contribution in [0.1, 0.15) is 28.9 Å². The third-order valence-electron chi connectivity index (χ3n) is 3.36. The van der Waals surface area contributed by atoms with E-state index in [1.54, 1.807) is 24.1 Å². The molecule has 1 saturated heterocycles. The van der Waals surface area contributed by atoms with Crippen LogP contribution >= 0.6 is 0 Å². The molecule has 2 heterocycles. The van der Waals surface area contributed by atoms with Gasteiger partial charge in [0.1, 0.15) is 18.3 Å². The molecule has 0 bridgehead atoms. The largest absolute Gasteiger partial charge is 0.384 e. The van der Waals surface area contributed by atoms with E-state index in [1.165, 1.54) is 6.20 Å². The van der Waals surface area contributed by atoms with Gasteiger partial charge in [-0.3, -0.25) is 9.59 Å². The molecule has 110 valence electrons. The van der Waals surface area contributed by atoms with Crippen molar-refractivity contribution in [3.05, 3.63) is 29.6 Å². The van der Waals surface area contributed by atoms with Crippen LogP contribution in [0.4, 0.5) is 0 Å². The molecular formula is C15H17N3O3. The summed E-state index contributed by atoms with van der Waals surface area (Å²) in [5.41, 5.74) is 0.922. The number of hydrogen-bond acceptors (Lipinski definition) is 4. The molecule has 1 aromatic heterocycles. The van der Waals surface area contributed by atoms with Crippen molar-refractivity contribution in [2.75, 3.05) is 20.2 Å². The van der Waals surface area contributed by atoms with Crippen LogP contribution in [0, 0.1) is 11.8 Å². The maximum Gasteiger partial charge on any atom is 0.273 e. The number of likely N-dealkylation sites (tertiary alicyclic amines) is 1. The first-order valence-corrected chi connectivity index (χ1v) is 6.75. The Morgan fingerprint density at radius 2 is 2.33 bits per heavy atom. The predicted octanol–water partition coefficient (Wildman–Crippen LogP) is -0.224. The fraction of sp³-hybridized carbons (Fsp3) is 0.400. The highest BCUT2D eigenvalue weighted by Crippen LogP contribution is 2.19. The summed E-state index contributed by atoms with van der Waals surface area (Å²) < 4.78 is 0. The molecule has 6 nitrogen and oxygen atoms in total. The van der Waals surface area contributed by atoms with Crippen LogP contribution in [0.2, 0.25) is 0 Å². The number of nitrogens with one attached hydrogen (secondary N) is 1. The summed E-state index contributed by atoms with van der Waals surface area (Å²) in [6.45, 7) is 0.340.